The van der Waals surface area contributed by atoms with Crippen molar-refractivity contribution in [1.82, 2.24) is 14.3 Å². The highest BCUT2D eigenvalue weighted by Gasteiger charge is 2.07. The number of nitrogens with zero attached hydrogens (tertiary/aromatic N) is 3. The topological polar surface area (TPSA) is 48.8 Å². The molecule has 0 aromatic carbocycles. The smallest absolute Gasteiger partial charge is 0.0642 e. The Kier molecular flexibility index (Phi) is 3.64. The van der Waals surface area contributed by atoms with Gasteiger partial charge in [0.1, 0.15) is 0 Å². The van der Waals surface area contributed by atoms with Crippen LogP contribution in [0.15, 0.2) is 24.4 Å². The summed E-state index contributed by atoms with van der Waals surface area (Å²) in [5.74, 6) is 0. The summed E-state index contributed by atoms with van der Waals surface area (Å²) in [5.41, 5.74) is 9.27. The minimum Gasteiger partial charge on any atom is -0.344 e. The van der Waals surface area contributed by atoms with Crippen LogP contribution in [0.5, 0.6) is 0 Å². The first-order chi connectivity index (χ1) is 8.28. The second-order valence-corrected chi connectivity index (χ2v) is 4.13. The van der Waals surface area contributed by atoms with Gasteiger partial charge in [-0.15, -0.1) is 0 Å². The Morgan fingerprint density at radius 3 is 2.76 bits per heavy atom. The van der Waals surface area contributed by atoms with E-state index < -0.39 is 0 Å². The van der Waals surface area contributed by atoms with Gasteiger partial charge >= 0.3 is 0 Å². The zero-order valence-electron chi connectivity index (χ0n) is 10.6. The fraction of sp³-hybridized carbons (Fsp3) is 0.462. The lowest BCUT2D eigenvalue weighted by atomic mass is 10.3. The van der Waals surface area contributed by atoms with Gasteiger partial charge in [0.15, 0.2) is 0 Å². The van der Waals surface area contributed by atoms with Gasteiger partial charge in [0.25, 0.3) is 0 Å². The predicted octanol–water partition coefficient (Wildman–Crippen LogP) is 1.77. The summed E-state index contributed by atoms with van der Waals surface area (Å²) in [4.78, 5) is 0. The molecule has 0 amide bonds. The van der Waals surface area contributed by atoms with Gasteiger partial charge in [-0.2, -0.15) is 5.10 Å². The van der Waals surface area contributed by atoms with Crippen LogP contribution in [-0.2, 0) is 26.1 Å². The van der Waals surface area contributed by atoms with Crippen molar-refractivity contribution < 1.29 is 0 Å². The van der Waals surface area contributed by atoms with Crippen molar-refractivity contribution in [2.75, 3.05) is 0 Å². The molecule has 17 heavy (non-hydrogen) atoms. The Balaban J connectivity index is 2.25. The third-order valence-corrected chi connectivity index (χ3v) is 3.04. The van der Waals surface area contributed by atoms with E-state index in [4.69, 9.17) is 5.73 Å². The molecule has 2 aromatic heterocycles. The van der Waals surface area contributed by atoms with Gasteiger partial charge in [-0.1, -0.05) is 6.92 Å². The first-order valence-electron chi connectivity index (χ1n) is 6.18. The zero-order valence-corrected chi connectivity index (χ0v) is 10.6. The molecule has 0 saturated carbocycles. The van der Waals surface area contributed by atoms with Crippen LogP contribution < -0.4 is 5.73 Å². The average Bonchev–Trinajstić information content (AvgIpc) is 2.95. The molecule has 4 heteroatoms. The maximum atomic E-state index is 5.71. The Labute approximate surface area is 102 Å². The lowest BCUT2D eigenvalue weighted by molar-refractivity contribution is 0.589. The average molecular weight is 232 g/mol. The molecule has 2 rings (SSSR count). The van der Waals surface area contributed by atoms with Crippen LogP contribution in [0.1, 0.15) is 30.9 Å². The highest BCUT2D eigenvalue weighted by Crippen LogP contribution is 2.10. The highest BCUT2D eigenvalue weighted by molar-refractivity contribution is 5.14. The first kappa shape index (κ1) is 11.9. The highest BCUT2D eigenvalue weighted by atomic mass is 15.3. The Bertz CT molecular complexity index is 481. The van der Waals surface area contributed by atoms with Crippen LogP contribution in [0, 0.1) is 0 Å². The zero-order chi connectivity index (χ0) is 12.3. The van der Waals surface area contributed by atoms with E-state index in [0.717, 1.165) is 30.9 Å². The van der Waals surface area contributed by atoms with Crippen molar-refractivity contribution >= 4 is 0 Å². The first-order valence-corrected chi connectivity index (χ1v) is 6.18. The van der Waals surface area contributed by atoms with Crippen molar-refractivity contribution in [3.05, 3.63) is 41.5 Å². The largest absolute Gasteiger partial charge is 0.344 e. The summed E-state index contributed by atoms with van der Waals surface area (Å²) in [6.07, 6.45) is 3.05. The monoisotopic (exact) mass is 232 g/mol. The van der Waals surface area contributed by atoms with Crippen molar-refractivity contribution in [1.29, 1.82) is 0 Å². The standard InChI is InChI=1S/C13H20N4/c1-3-11-8-13(17(4-2)15-11)10-16-7-5-6-12(16)9-14/h5-8H,3-4,9-10,14H2,1-2H3. The molecule has 2 heterocycles. The number of aryl methyl sites for hydroxylation is 2. The van der Waals surface area contributed by atoms with Gasteiger partial charge in [0.05, 0.1) is 17.9 Å². The fourth-order valence-corrected chi connectivity index (χ4v) is 2.05. The molecule has 0 aliphatic heterocycles. The van der Waals surface area contributed by atoms with Gasteiger partial charge in [0, 0.05) is 25.0 Å². The third kappa shape index (κ3) is 2.42. The summed E-state index contributed by atoms with van der Waals surface area (Å²) in [5, 5.41) is 4.56. The van der Waals surface area contributed by atoms with Crippen LogP contribution in [-0.4, -0.2) is 14.3 Å². The summed E-state index contributed by atoms with van der Waals surface area (Å²) >= 11 is 0. The Morgan fingerprint density at radius 2 is 2.12 bits per heavy atom. The molecule has 0 radical (unpaired) electrons. The molecule has 0 aliphatic carbocycles. The molecule has 0 fully saturated rings. The number of hydrogen-bond donors (Lipinski definition) is 1. The van der Waals surface area contributed by atoms with Crippen LogP contribution in [0.3, 0.4) is 0 Å². The molecule has 0 saturated heterocycles. The van der Waals surface area contributed by atoms with Crippen LogP contribution >= 0.6 is 0 Å². The van der Waals surface area contributed by atoms with E-state index in [9.17, 15) is 0 Å². The van der Waals surface area contributed by atoms with E-state index >= 15 is 0 Å². The number of aromatic nitrogens is 3. The SMILES string of the molecule is CCc1cc(Cn2cccc2CN)n(CC)n1. The summed E-state index contributed by atoms with van der Waals surface area (Å²) in [7, 11) is 0. The maximum absolute atomic E-state index is 5.71. The summed E-state index contributed by atoms with van der Waals surface area (Å²) in [6, 6.07) is 6.28. The van der Waals surface area contributed by atoms with Gasteiger partial charge < -0.3 is 10.3 Å². The van der Waals surface area contributed by atoms with Crippen molar-refractivity contribution in [2.45, 2.75) is 39.9 Å². The van der Waals surface area contributed by atoms with Gasteiger partial charge in [0.2, 0.25) is 0 Å². The van der Waals surface area contributed by atoms with E-state index in [0.29, 0.717) is 6.54 Å². The van der Waals surface area contributed by atoms with Crippen LogP contribution in [0.2, 0.25) is 0 Å². The molecule has 4 nitrogen and oxygen atoms in total. The molecular weight excluding hydrogens is 212 g/mol. The number of nitrogens with two attached hydrogens (primary N) is 1. The molecule has 92 valence electrons. The fourth-order valence-electron chi connectivity index (χ4n) is 2.05. The third-order valence-electron chi connectivity index (χ3n) is 3.04. The predicted molar refractivity (Wildman–Crippen MR) is 68.7 cm³/mol. The van der Waals surface area contributed by atoms with Gasteiger partial charge in [-0.3, -0.25) is 4.68 Å². The van der Waals surface area contributed by atoms with E-state index in [1.165, 1.54) is 5.69 Å². The molecule has 0 atom stereocenters. The Hall–Kier alpha value is -1.55. The van der Waals surface area contributed by atoms with E-state index in [1.807, 2.05) is 6.07 Å². The molecular formula is C13H20N4. The molecule has 2 aromatic rings. The van der Waals surface area contributed by atoms with Gasteiger partial charge in [-0.05, 0) is 31.5 Å². The lowest BCUT2D eigenvalue weighted by Crippen LogP contribution is -2.11. The van der Waals surface area contributed by atoms with Gasteiger partial charge in [-0.25, -0.2) is 0 Å². The second-order valence-electron chi connectivity index (χ2n) is 4.13. The summed E-state index contributed by atoms with van der Waals surface area (Å²) < 4.78 is 4.25. The van der Waals surface area contributed by atoms with Crippen molar-refractivity contribution in [2.24, 2.45) is 5.73 Å². The van der Waals surface area contributed by atoms with Crippen molar-refractivity contribution in [3.63, 3.8) is 0 Å². The van der Waals surface area contributed by atoms with Crippen molar-refractivity contribution in [3.8, 4) is 0 Å². The molecule has 0 unspecified atom stereocenters. The summed E-state index contributed by atoms with van der Waals surface area (Å²) in [6.45, 7) is 6.59. The Morgan fingerprint density at radius 1 is 1.29 bits per heavy atom. The molecule has 0 aliphatic rings. The van der Waals surface area contributed by atoms with Crippen LogP contribution in [0.4, 0.5) is 0 Å². The number of hydrogen-bond acceptors (Lipinski definition) is 2. The van der Waals surface area contributed by atoms with E-state index in [1.54, 1.807) is 0 Å². The number of rotatable bonds is 5. The normalized spacial score (nSPS) is 11.0. The molecule has 0 spiro atoms. The lowest BCUT2D eigenvalue weighted by Gasteiger charge is -2.09. The van der Waals surface area contributed by atoms with E-state index in [-0.39, 0.29) is 0 Å². The minimum absolute atomic E-state index is 0.577. The van der Waals surface area contributed by atoms with E-state index in [2.05, 4.69) is 46.5 Å². The maximum Gasteiger partial charge on any atom is 0.0642 e. The second kappa shape index (κ2) is 5.19. The molecule has 0 bridgehead atoms. The quantitative estimate of drug-likeness (QED) is 0.854. The minimum atomic E-state index is 0.577. The molecule has 2 N–H and O–H groups in total. The van der Waals surface area contributed by atoms with Crippen LogP contribution in [0.25, 0.3) is 0 Å².